The quantitative estimate of drug-likeness (QED) is 0.351. The molecular weight excluding hydrogens is 631 g/mol. The van der Waals surface area contributed by atoms with Gasteiger partial charge in [0, 0.05) is 28.8 Å². The minimum absolute atomic E-state index is 0.0938. The van der Waals surface area contributed by atoms with Gasteiger partial charge in [0.2, 0.25) is 17.9 Å². The lowest BCUT2D eigenvalue weighted by Crippen LogP contribution is -2.44. The molecule has 0 bridgehead atoms. The number of alkyl halides is 6. The Morgan fingerprint density at radius 2 is 1.72 bits per heavy atom. The molecule has 1 aromatic heterocycles. The fourth-order valence-corrected chi connectivity index (χ4v) is 5.43. The zero-order valence-corrected chi connectivity index (χ0v) is 23.9. The Morgan fingerprint density at radius 3 is 2.28 bits per heavy atom. The number of amides is 1. The molecule has 1 saturated heterocycles. The van der Waals surface area contributed by atoms with Gasteiger partial charge in [0.25, 0.3) is 5.89 Å². The molecule has 8 nitrogen and oxygen atoms in total. The Hall–Kier alpha value is -2.92. The molecule has 2 aliphatic heterocycles. The minimum Gasteiger partial charge on any atom is -0.419 e. The first-order chi connectivity index (χ1) is 20.0. The molecule has 1 amide bonds. The fourth-order valence-electron chi connectivity index (χ4n) is 4.30. The Balaban J connectivity index is 0.000000365. The third kappa shape index (κ3) is 8.17. The van der Waals surface area contributed by atoms with E-state index in [1.54, 1.807) is 23.1 Å². The van der Waals surface area contributed by atoms with Gasteiger partial charge in [-0.2, -0.15) is 26.3 Å². The summed E-state index contributed by atoms with van der Waals surface area (Å²) in [7, 11) is 0. The molecule has 3 N–H and O–H groups in total. The number of carbonyl (C=O) groups excluding carboxylic acids is 1. The van der Waals surface area contributed by atoms with E-state index in [-0.39, 0.29) is 23.9 Å². The molecule has 17 heteroatoms. The first-order valence-electron chi connectivity index (χ1n) is 12.7. The van der Waals surface area contributed by atoms with Crippen LogP contribution in [0.15, 0.2) is 45.7 Å². The van der Waals surface area contributed by atoms with E-state index in [0.717, 1.165) is 18.7 Å². The molecule has 2 aliphatic rings. The molecule has 43 heavy (non-hydrogen) atoms. The number of aliphatic hydroxyl groups excluding tert-OH is 1. The van der Waals surface area contributed by atoms with Crippen LogP contribution in [-0.4, -0.2) is 69.5 Å². The number of carbonyl (C=O) groups is 1. The standard InChI is InChI=1S/C23H23ClFN5O2S.C3H2F6O/c1-13-8-29(9-13)11-21-27-28-22(32-21)16-6-19-20(7-17(16)25)33-12-18(26)23(31)30(19)10-14-2-4-15(24)5-3-14;4-2(5,6)1(10)3(7,8)9/h2-7,13,18H,8-12,26H2,1H3;1,10H/t18-;/m0./s1. The van der Waals surface area contributed by atoms with Crippen molar-refractivity contribution in [3.63, 3.8) is 0 Å². The van der Waals surface area contributed by atoms with Crippen LogP contribution in [0.25, 0.3) is 11.5 Å². The third-order valence-electron chi connectivity index (χ3n) is 6.41. The molecular formula is C26H25ClF7N5O3S. The molecule has 0 radical (unpaired) electrons. The molecule has 0 aliphatic carbocycles. The number of hydrogen-bond acceptors (Lipinski definition) is 8. The van der Waals surface area contributed by atoms with E-state index in [2.05, 4.69) is 22.0 Å². The number of benzene rings is 2. The lowest BCUT2D eigenvalue weighted by atomic mass is 10.0. The largest absolute Gasteiger partial charge is 0.423 e. The lowest BCUT2D eigenvalue weighted by Gasteiger charge is -2.35. The minimum atomic E-state index is -5.63. The number of thioether (sulfide) groups is 1. The average molecular weight is 656 g/mol. The van der Waals surface area contributed by atoms with Crippen molar-refractivity contribution in [2.75, 3.05) is 23.7 Å². The van der Waals surface area contributed by atoms with Crippen molar-refractivity contribution in [1.82, 2.24) is 15.1 Å². The van der Waals surface area contributed by atoms with Gasteiger partial charge in [0.15, 0.2) is 0 Å². The van der Waals surface area contributed by atoms with Gasteiger partial charge in [-0.1, -0.05) is 30.7 Å². The molecule has 1 atom stereocenters. The number of aliphatic hydroxyl groups is 1. The van der Waals surface area contributed by atoms with Crippen LogP contribution >= 0.6 is 23.4 Å². The molecule has 0 saturated carbocycles. The summed E-state index contributed by atoms with van der Waals surface area (Å²) in [6.45, 7) is 4.95. The lowest BCUT2D eigenvalue weighted by molar-refractivity contribution is -0.308. The molecule has 5 rings (SSSR count). The topological polar surface area (TPSA) is 109 Å². The average Bonchev–Trinajstić information content (AvgIpc) is 3.33. The van der Waals surface area contributed by atoms with Crippen LogP contribution in [0, 0.1) is 11.7 Å². The van der Waals surface area contributed by atoms with E-state index in [0.29, 0.717) is 39.7 Å². The maximum Gasteiger partial charge on any atom is 0.423 e. The summed E-state index contributed by atoms with van der Waals surface area (Å²) in [6.07, 6.45) is -15.5. The molecule has 0 unspecified atom stereocenters. The third-order valence-corrected chi connectivity index (χ3v) is 7.83. The number of nitrogens with two attached hydrogens (primary N) is 1. The predicted octanol–water partition coefficient (Wildman–Crippen LogP) is 5.42. The number of hydrogen-bond donors (Lipinski definition) is 2. The highest BCUT2D eigenvalue weighted by Crippen LogP contribution is 2.39. The number of rotatable bonds is 5. The number of nitrogens with zero attached hydrogens (tertiary/aromatic N) is 4. The highest BCUT2D eigenvalue weighted by molar-refractivity contribution is 7.99. The first kappa shape index (κ1) is 33.0. The summed E-state index contributed by atoms with van der Waals surface area (Å²) >= 11 is 7.36. The van der Waals surface area contributed by atoms with Crippen molar-refractivity contribution in [2.24, 2.45) is 11.7 Å². The second-order valence-corrected chi connectivity index (χ2v) is 11.6. The monoisotopic (exact) mass is 655 g/mol. The molecule has 234 valence electrons. The zero-order valence-electron chi connectivity index (χ0n) is 22.3. The van der Waals surface area contributed by atoms with Gasteiger partial charge in [-0.3, -0.25) is 9.69 Å². The molecule has 2 aromatic carbocycles. The van der Waals surface area contributed by atoms with Crippen molar-refractivity contribution in [2.45, 2.75) is 49.4 Å². The SMILES string of the molecule is CC1CN(Cc2nnc(-c3cc4c(cc3F)SC[C@H](N)C(=O)N4Cc3ccc(Cl)cc3)o2)C1.OC(C(F)(F)F)C(F)(F)F. The number of fused-ring (bicyclic) bond motifs is 1. The molecule has 3 heterocycles. The first-order valence-corrected chi connectivity index (χ1v) is 14.0. The van der Waals surface area contributed by atoms with Crippen LogP contribution in [0.1, 0.15) is 18.4 Å². The highest BCUT2D eigenvalue weighted by Gasteiger charge is 2.55. The molecule has 1 fully saturated rings. The van der Waals surface area contributed by atoms with Gasteiger partial charge >= 0.3 is 12.4 Å². The van der Waals surface area contributed by atoms with E-state index in [4.69, 9.17) is 26.9 Å². The normalized spacial score (nSPS) is 18.2. The maximum absolute atomic E-state index is 15.1. The van der Waals surface area contributed by atoms with Crippen LogP contribution in [0.5, 0.6) is 0 Å². The molecule has 3 aromatic rings. The van der Waals surface area contributed by atoms with Crippen molar-refractivity contribution in [3.8, 4) is 11.5 Å². The second kappa shape index (κ2) is 13.0. The van der Waals surface area contributed by atoms with Crippen LogP contribution in [0.3, 0.4) is 0 Å². The number of aromatic nitrogens is 2. The smallest absolute Gasteiger partial charge is 0.419 e. The van der Waals surface area contributed by atoms with Gasteiger partial charge < -0.3 is 20.2 Å². The van der Waals surface area contributed by atoms with E-state index in [9.17, 15) is 31.1 Å². The Kier molecular flexibility index (Phi) is 9.95. The van der Waals surface area contributed by atoms with Gasteiger partial charge in [0.05, 0.1) is 30.4 Å². The van der Waals surface area contributed by atoms with Crippen LogP contribution in [0.2, 0.25) is 5.02 Å². The number of anilines is 1. The predicted molar refractivity (Wildman–Crippen MR) is 144 cm³/mol. The molecule has 0 spiro atoms. The van der Waals surface area contributed by atoms with Crippen molar-refractivity contribution in [3.05, 3.63) is 58.7 Å². The Bertz CT molecular complexity index is 1420. The summed E-state index contributed by atoms with van der Waals surface area (Å²) in [4.78, 5) is 17.5. The fraction of sp³-hybridized carbons (Fsp3) is 0.423. The van der Waals surface area contributed by atoms with Gasteiger partial charge in [0.1, 0.15) is 5.82 Å². The number of likely N-dealkylation sites (tertiary alicyclic amines) is 1. The summed E-state index contributed by atoms with van der Waals surface area (Å²) in [5, 5.41) is 16.2. The Labute approximate surface area is 250 Å². The van der Waals surface area contributed by atoms with Gasteiger partial charge in [-0.25, -0.2) is 4.39 Å². The van der Waals surface area contributed by atoms with Crippen LogP contribution in [0.4, 0.5) is 36.4 Å². The van der Waals surface area contributed by atoms with E-state index in [1.165, 1.54) is 17.8 Å². The zero-order chi connectivity index (χ0) is 31.7. The summed E-state index contributed by atoms with van der Waals surface area (Å²) in [5.41, 5.74) is 7.73. The van der Waals surface area contributed by atoms with Crippen molar-refractivity contribution >= 4 is 35.0 Å². The van der Waals surface area contributed by atoms with Crippen LogP contribution < -0.4 is 10.6 Å². The van der Waals surface area contributed by atoms with Gasteiger partial charge in [-0.05, 0) is 35.7 Å². The van der Waals surface area contributed by atoms with Crippen molar-refractivity contribution in [1.29, 1.82) is 0 Å². The maximum atomic E-state index is 15.1. The van der Waals surface area contributed by atoms with E-state index < -0.39 is 30.3 Å². The van der Waals surface area contributed by atoms with E-state index >= 15 is 4.39 Å². The summed E-state index contributed by atoms with van der Waals surface area (Å²) in [6, 6.07) is 9.56. The number of halogens is 8. The van der Waals surface area contributed by atoms with Crippen LogP contribution in [-0.2, 0) is 17.9 Å². The Morgan fingerprint density at radius 1 is 1.09 bits per heavy atom. The van der Waals surface area contributed by atoms with Gasteiger partial charge in [-0.15, -0.1) is 22.0 Å². The summed E-state index contributed by atoms with van der Waals surface area (Å²) in [5.74, 6) is 0.839. The van der Waals surface area contributed by atoms with E-state index in [1.807, 2.05) is 12.1 Å². The second-order valence-electron chi connectivity index (χ2n) is 10.1. The van der Waals surface area contributed by atoms with Crippen molar-refractivity contribution < 1.29 is 45.1 Å². The highest BCUT2D eigenvalue weighted by atomic mass is 35.5. The summed E-state index contributed by atoms with van der Waals surface area (Å²) < 4.78 is 86.7.